The van der Waals surface area contributed by atoms with Gasteiger partial charge in [0.15, 0.2) is 0 Å². The molecule has 0 aromatic carbocycles. The van der Waals surface area contributed by atoms with Crippen LogP contribution in [0.4, 0.5) is 0 Å². The second kappa shape index (κ2) is 6.81. The zero-order valence-electron chi connectivity index (χ0n) is 12.7. The molecule has 0 aliphatic carbocycles. The van der Waals surface area contributed by atoms with Crippen LogP contribution in [-0.2, 0) is 13.0 Å². The Labute approximate surface area is 127 Å². The minimum Gasteiger partial charge on any atom is -0.299 e. The number of pyridine rings is 2. The van der Waals surface area contributed by atoms with Crippen molar-refractivity contribution in [3.63, 3.8) is 0 Å². The maximum Gasteiger partial charge on any atom is 0.0410 e. The summed E-state index contributed by atoms with van der Waals surface area (Å²) in [5.74, 6) is 0.727. The Balaban J connectivity index is 1.58. The van der Waals surface area contributed by atoms with E-state index < -0.39 is 0 Å². The van der Waals surface area contributed by atoms with Gasteiger partial charge in [-0.25, -0.2) is 0 Å². The van der Waals surface area contributed by atoms with Crippen molar-refractivity contribution >= 4 is 0 Å². The number of nitrogens with zero attached hydrogens (tertiary/aromatic N) is 3. The number of aryl methyl sites for hydroxylation is 1. The second-order valence-electron chi connectivity index (χ2n) is 6.08. The zero-order valence-corrected chi connectivity index (χ0v) is 12.7. The normalized spacial score (nSPS) is 19.6. The highest BCUT2D eigenvalue weighted by Crippen LogP contribution is 2.21. The molecule has 2 aromatic rings. The van der Waals surface area contributed by atoms with Crippen molar-refractivity contribution in [3.8, 4) is 0 Å². The fraction of sp³-hybridized carbons (Fsp3) is 0.444. The van der Waals surface area contributed by atoms with Crippen LogP contribution in [0, 0.1) is 12.8 Å². The molecule has 0 unspecified atom stereocenters. The van der Waals surface area contributed by atoms with Gasteiger partial charge in [-0.15, -0.1) is 0 Å². The highest BCUT2D eigenvalue weighted by atomic mass is 15.1. The lowest BCUT2D eigenvalue weighted by Crippen LogP contribution is -2.35. The van der Waals surface area contributed by atoms with Crippen LogP contribution in [-0.4, -0.2) is 28.0 Å². The third-order valence-corrected chi connectivity index (χ3v) is 4.18. The summed E-state index contributed by atoms with van der Waals surface area (Å²) in [5, 5.41) is 0. The van der Waals surface area contributed by atoms with Gasteiger partial charge in [0.25, 0.3) is 0 Å². The first-order valence-corrected chi connectivity index (χ1v) is 7.83. The van der Waals surface area contributed by atoms with Crippen LogP contribution in [0.3, 0.4) is 0 Å². The molecule has 3 heteroatoms. The van der Waals surface area contributed by atoms with E-state index >= 15 is 0 Å². The molecule has 0 spiro atoms. The van der Waals surface area contributed by atoms with E-state index in [2.05, 4.69) is 46.1 Å². The second-order valence-corrected chi connectivity index (χ2v) is 6.08. The molecule has 1 aliphatic rings. The van der Waals surface area contributed by atoms with Crippen molar-refractivity contribution in [3.05, 3.63) is 59.7 Å². The highest BCUT2D eigenvalue weighted by molar-refractivity contribution is 5.11. The predicted octanol–water partition coefficient (Wildman–Crippen LogP) is 3.24. The van der Waals surface area contributed by atoms with E-state index in [-0.39, 0.29) is 0 Å². The van der Waals surface area contributed by atoms with Crippen molar-refractivity contribution in [1.82, 2.24) is 14.9 Å². The van der Waals surface area contributed by atoms with Crippen LogP contribution >= 0.6 is 0 Å². The first-order valence-electron chi connectivity index (χ1n) is 7.83. The Kier molecular flexibility index (Phi) is 4.61. The molecule has 0 saturated carbocycles. The lowest BCUT2D eigenvalue weighted by atomic mass is 9.93. The van der Waals surface area contributed by atoms with Gasteiger partial charge < -0.3 is 0 Å². The summed E-state index contributed by atoms with van der Waals surface area (Å²) in [6.45, 7) is 5.46. The molecule has 3 rings (SSSR count). The molecular formula is C18H23N3. The number of likely N-dealkylation sites (tertiary alicyclic amines) is 1. The van der Waals surface area contributed by atoms with Crippen molar-refractivity contribution < 1.29 is 0 Å². The Morgan fingerprint density at radius 1 is 1.24 bits per heavy atom. The van der Waals surface area contributed by atoms with Gasteiger partial charge in [0.2, 0.25) is 0 Å². The van der Waals surface area contributed by atoms with Crippen LogP contribution in [0.25, 0.3) is 0 Å². The first-order chi connectivity index (χ1) is 10.3. The van der Waals surface area contributed by atoms with E-state index in [9.17, 15) is 0 Å². The topological polar surface area (TPSA) is 29.0 Å². The fourth-order valence-corrected chi connectivity index (χ4v) is 3.22. The van der Waals surface area contributed by atoms with Crippen molar-refractivity contribution in [2.24, 2.45) is 5.92 Å². The van der Waals surface area contributed by atoms with Crippen LogP contribution in [0.2, 0.25) is 0 Å². The largest absolute Gasteiger partial charge is 0.299 e. The van der Waals surface area contributed by atoms with Gasteiger partial charge in [0, 0.05) is 36.9 Å². The molecule has 0 bridgehead atoms. The monoisotopic (exact) mass is 281 g/mol. The number of rotatable bonds is 4. The summed E-state index contributed by atoms with van der Waals surface area (Å²) < 4.78 is 0. The van der Waals surface area contributed by atoms with E-state index in [4.69, 9.17) is 0 Å². The molecule has 0 radical (unpaired) electrons. The lowest BCUT2D eigenvalue weighted by molar-refractivity contribution is 0.166. The lowest BCUT2D eigenvalue weighted by Gasteiger charge is -2.32. The summed E-state index contributed by atoms with van der Waals surface area (Å²) in [6.07, 6.45) is 7.53. The van der Waals surface area contributed by atoms with Gasteiger partial charge in [-0.2, -0.15) is 0 Å². The number of hydrogen-bond acceptors (Lipinski definition) is 3. The molecule has 110 valence electrons. The van der Waals surface area contributed by atoms with Gasteiger partial charge >= 0.3 is 0 Å². The predicted molar refractivity (Wildman–Crippen MR) is 84.9 cm³/mol. The van der Waals surface area contributed by atoms with Crippen molar-refractivity contribution in [2.45, 2.75) is 32.7 Å². The van der Waals surface area contributed by atoms with Crippen LogP contribution in [0.1, 0.15) is 29.8 Å². The van der Waals surface area contributed by atoms with Gasteiger partial charge in [-0.1, -0.05) is 12.1 Å². The maximum atomic E-state index is 4.65. The smallest absolute Gasteiger partial charge is 0.0410 e. The van der Waals surface area contributed by atoms with Crippen LogP contribution in [0.15, 0.2) is 42.7 Å². The Bertz CT molecular complexity index is 568. The van der Waals surface area contributed by atoms with Gasteiger partial charge in [-0.05, 0) is 62.4 Å². The Morgan fingerprint density at radius 2 is 2.19 bits per heavy atom. The molecule has 3 heterocycles. The Hall–Kier alpha value is -1.74. The maximum absolute atomic E-state index is 4.65. The summed E-state index contributed by atoms with van der Waals surface area (Å²) in [4.78, 5) is 11.4. The average molecular weight is 281 g/mol. The van der Waals surface area contributed by atoms with E-state index in [1.54, 1.807) is 0 Å². The molecule has 0 N–H and O–H groups in total. The highest BCUT2D eigenvalue weighted by Gasteiger charge is 2.20. The molecule has 1 aliphatic heterocycles. The molecular weight excluding hydrogens is 258 g/mol. The Morgan fingerprint density at radius 3 is 3.00 bits per heavy atom. The molecule has 2 aromatic heterocycles. The van der Waals surface area contributed by atoms with Crippen molar-refractivity contribution in [1.29, 1.82) is 0 Å². The number of aromatic nitrogens is 2. The summed E-state index contributed by atoms with van der Waals surface area (Å²) in [6, 6.07) is 10.5. The van der Waals surface area contributed by atoms with E-state index in [1.807, 2.05) is 18.5 Å². The zero-order chi connectivity index (χ0) is 14.5. The fourth-order valence-electron chi connectivity index (χ4n) is 3.22. The molecule has 1 fully saturated rings. The SMILES string of the molecule is Cc1cccc(C[C@@H]2CCCN(Cc3cccnc3)C2)n1. The standard InChI is InChI=1S/C18H23N3/c1-15-5-2-8-18(20-15)11-16-7-4-10-21(13-16)14-17-6-3-9-19-12-17/h2-3,5-6,8-9,12,16H,4,7,10-11,13-14H2,1H3/t16-/m0/s1. The van der Waals surface area contributed by atoms with Crippen molar-refractivity contribution in [2.75, 3.05) is 13.1 Å². The third kappa shape index (κ3) is 4.11. The molecule has 1 saturated heterocycles. The quantitative estimate of drug-likeness (QED) is 0.861. The number of piperidine rings is 1. The van der Waals surface area contributed by atoms with E-state index in [1.165, 1.54) is 37.2 Å². The van der Waals surface area contributed by atoms with Gasteiger partial charge in [0.05, 0.1) is 0 Å². The average Bonchev–Trinajstić information content (AvgIpc) is 2.49. The molecule has 3 nitrogen and oxygen atoms in total. The summed E-state index contributed by atoms with van der Waals surface area (Å²) >= 11 is 0. The number of hydrogen-bond donors (Lipinski definition) is 0. The summed E-state index contributed by atoms with van der Waals surface area (Å²) in [7, 11) is 0. The van der Waals surface area contributed by atoms with Gasteiger partial charge in [-0.3, -0.25) is 14.9 Å². The molecule has 1 atom stereocenters. The minimum absolute atomic E-state index is 0.727. The molecule has 0 amide bonds. The van der Waals surface area contributed by atoms with E-state index in [0.29, 0.717) is 0 Å². The van der Waals surface area contributed by atoms with Crippen LogP contribution in [0.5, 0.6) is 0 Å². The third-order valence-electron chi connectivity index (χ3n) is 4.18. The summed E-state index contributed by atoms with van der Waals surface area (Å²) in [5.41, 5.74) is 3.67. The molecule has 21 heavy (non-hydrogen) atoms. The van der Waals surface area contributed by atoms with E-state index in [0.717, 1.165) is 24.6 Å². The first kappa shape index (κ1) is 14.2. The minimum atomic E-state index is 0.727. The van der Waals surface area contributed by atoms with Gasteiger partial charge in [0.1, 0.15) is 0 Å². The van der Waals surface area contributed by atoms with Crippen LogP contribution < -0.4 is 0 Å².